The second kappa shape index (κ2) is 6.99. The van der Waals surface area contributed by atoms with Gasteiger partial charge in [-0.05, 0) is 63.6 Å². The van der Waals surface area contributed by atoms with Crippen molar-refractivity contribution >= 4 is 11.6 Å². The summed E-state index contributed by atoms with van der Waals surface area (Å²) in [7, 11) is 4.33. The lowest BCUT2D eigenvalue weighted by atomic mass is 10.0. The number of hydrogen-bond donors (Lipinski definition) is 2. The summed E-state index contributed by atoms with van der Waals surface area (Å²) < 4.78 is 0. The second-order valence-electron chi connectivity index (χ2n) is 6.96. The first-order valence-corrected chi connectivity index (χ1v) is 8.52. The fourth-order valence-electron chi connectivity index (χ4n) is 3.57. The molecule has 5 heteroatoms. The van der Waals surface area contributed by atoms with Gasteiger partial charge in [0.25, 0.3) is 0 Å². The van der Waals surface area contributed by atoms with E-state index in [1.807, 2.05) is 18.2 Å². The number of carbonyl (C=O) groups is 1. The van der Waals surface area contributed by atoms with Crippen molar-refractivity contribution in [3.8, 4) is 0 Å². The predicted octanol–water partition coefficient (Wildman–Crippen LogP) is 1.63. The van der Waals surface area contributed by atoms with Crippen LogP contribution in [0, 0.1) is 0 Å². The molecule has 2 aliphatic heterocycles. The number of anilines is 1. The van der Waals surface area contributed by atoms with Crippen molar-refractivity contribution < 1.29 is 9.90 Å². The van der Waals surface area contributed by atoms with Gasteiger partial charge in [0.1, 0.15) is 0 Å². The lowest BCUT2D eigenvalue weighted by molar-refractivity contribution is -0.115. The molecule has 1 saturated heterocycles. The number of amides is 1. The molecule has 1 amide bonds. The minimum Gasteiger partial charge on any atom is -0.388 e. The Labute approximate surface area is 138 Å². The number of carbonyl (C=O) groups excluding carboxylic acids is 1. The zero-order valence-corrected chi connectivity index (χ0v) is 14.1. The number of aliphatic hydroxyl groups is 1. The first kappa shape index (κ1) is 16.4. The van der Waals surface area contributed by atoms with E-state index in [1.165, 1.54) is 12.8 Å². The van der Waals surface area contributed by atoms with Crippen LogP contribution in [0.15, 0.2) is 18.2 Å². The van der Waals surface area contributed by atoms with Gasteiger partial charge in [-0.2, -0.15) is 0 Å². The van der Waals surface area contributed by atoms with Crippen LogP contribution in [0.5, 0.6) is 0 Å². The molecule has 0 bridgehead atoms. The Morgan fingerprint density at radius 1 is 1.39 bits per heavy atom. The van der Waals surface area contributed by atoms with Crippen LogP contribution in [0.4, 0.5) is 5.69 Å². The van der Waals surface area contributed by atoms with Gasteiger partial charge in [-0.3, -0.25) is 4.79 Å². The molecule has 1 fully saturated rings. The molecule has 1 aromatic carbocycles. The number of piperidine rings is 1. The molecule has 0 saturated carbocycles. The standard InChI is InChI=1S/C18H27N3O2/c1-20-8-5-15(6-9-20)21(2)10-7-17(22)13-3-4-16-14(11-13)12-18(23)19-16/h3-4,11,15,17,22H,5-10,12H2,1-2H3,(H,19,23). The van der Waals surface area contributed by atoms with E-state index in [1.54, 1.807) is 0 Å². The normalized spacial score (nSPS) is 20.6. The van der Waals surface area contributed by atoms with Crippen molar-refractivity contribution in [2.45, 2.75) is 37.8 Å². The van der Waals surface area contributed by atoms with E-state index in [2.05, 4.69) is 29.2 Å². The number of rotatable bonds is 5. The number of nitrogens with zero attached hydrogens (tertiary/aromatic N) is 2. The minimum atomic E-state index is -0.468. The summed E-state index contributed by atoms with van der Waals surface area (Å²) in [5.41, 5.74) is 2.79. The molecule has 1 unspecified atom stereocenters. The largest absolute Gasteiger partial charge is 0.388 e. The Morgan fingerprint density at radius 3 is 2.87 bits per heavy atom. The molecular weight excluding hydrogens is 290 g/mol. The molecule has 2 N–H and O–H groups in total. The quantitative estimate of drug-likeness (QED) is 0.867. The Hall–Kier alpha value is -1.43. The summed E-state index contributed by atoms with van der Waals surface area (Å²) in [6, 6.07) is 6.41. The third-order valence-electron chi connectivity index (χ3n) is 5.21. The summed E-state index contributed by atoms with van der Waals surface area (Å²) >= 11 is 0. The van der Waals surface area contributed by atoms with Crippen molar-refractivity contribution in [2.75, 3.05) is 39.0 Å². The summed E-state index contributed by atoms with van der Waals surface area (Å²) in [4.78, 5) is 16.2. The number of aliphatic hydroxyl groups excluding tert-OH is 1. The van der Waals surface area contributed by atoms with Crippen LogP contribution in [0.3, 0.4) is 0 Å². The Bertz CT molecular complexity index is 567. The van der Waals surface area contributed by atoms with Gasteiger partial charge >= 0.3 is 0 Å². The maximum absolute atomic E-state index is 11.4. The van der Waals surface area contributed by atoms with E-state index in [0.29, 0.717) is 12.5 Å². The van der Waals surface area contributed by atoms with E-state index in [4.69, 9.17) is 0 Å². The van der Waals surface area contributed by atoms with E-state index >= 15 is 0 Å². The monoisotopic (exact) mass is 317 g/mol. The maximum atomic E-state index is 11.4. The zero-order chi connectivity index (χ0) is 16.4. The van der Waals surface area contributed by atoms with E-state index in [9.17, 15) is 9.90 Å². The average Bonchev–Trinajstić information content (AvgIpc) is 2.92. The van der Waals surface area contributed by atoms with Crippen LogP contribution in [-0.4, -0.2) is 60.6 Å². The fraction of sp³-hybridized carbons (Fsp3) is 0.611. The fourth-order valence-corrected chi connectivity index (χ4v) is 3.57. The molecule has 0 spiro atoms. The Balaban J connectivity index is 1.52. The summed E-state index contributed by atoms with van der Waals surface area (Å²) in [6.07, 6.45) is 3.09. The lowest BCUT2D eigenvalue weighted by Crippen LogP contribution is -2.42. The van der Waals surface area contributed by atoms with Gasteiger partial charge in [-0.25, -0.2) is 0 Å². The van der Waals surface area contributed by atoms with Crippen LogP contribution >= 0.6 is 0 Å². The van der Waals surface area contributed by atoms with Crippen molar-refractivity contribution in [3.05, 3.63) is 29.3 Å². The number of benzene rings is 1. The molecule has 0 aromatic heterocycles. The van der Waals surface area contributed by atoms with Crippen molar-refractivity contribution in [2.24, 2.45) is 0 Å². The van der Waals surface area contributed by atoms with Crippen LogP contribution < -0.4 is 5.32 Å². The van der Waals surface area contributed by atoms with E-state index in [0.717, 1.165) is 42.9 Å². The first-order chi connectivity index (χ1) is 11.0. The highest BCUT2D eigenvalue weighted by molar-refractivity contribution is 5.99. The molecule has 2 heterocycles. The van der Waals surface area contributed by atoms with Gasteiger partial charge < -0.3 is 20.2 Å². The predicted molar refractivity (Wildman–Crippen MR) is 91.5 cm³/mol. The van der Waals surface area contributed by atoms with Crippen molar-refractivity contribution in [1.82, 2.24) is 9.80 Å². The zero-order valence-electron chi connectivity index (χ0n) is 14.1. The highest BCUT2D eigenvalue weighted by Gasteiger charge is 2.22. The Kier molecular flexibility index (Phi) is 4.99. The first-order valence-electron chi connectivity index (χ1n) is 8.52. The summed E-state index contributed by atoms with van der Waals surface area (Å²) in [6.45, 7) is 3.20. The highest BCUT2D eigenvalue weighted by atomic mass is 16.3. The topological polar surface area (TPSA) is 55.8 Å². The molecule has 5 nitrogen and oxygen atoms in total. The van der Waals surface area contributed by atoms with Crippen molar-refractivity contribution in [1.29, 1.82) is 0 Å². The summed E-state index contributed by atoms with van der Waals surface area (Å²) in [5.74, 6) is 0.0358. The van der Waals surface area contributed by atoms with Gasteiger partial charge in [0, 0.05) is 18.3 Å². The second-order valence-corrected chi connectivity index (χ2v) is 6.96. The number of nitrogens with one attached hydrogen (secondary N) is 1. The molecule has 1 aromatic rings. The van der Waals surface area contributed by atoms with Gasteiger partial charge in [-0.1, -0.05) is 12.1 Å². The number of hydrogen-bond acceptors (Lipinski definition) is 4. The van der Waals surface area contributed by atoms with E-state index < -0.39 is 6.10 Å². The van der Waals surface area contributed by atoms with Crippen LogP contribution in [0.1, 0.15) is 36.5 Å². The van der Waals surface area contributed by atoms with E-state index in [-0.39, 0.29) is 5.91 Å². The van der Waals surface area contributed by atoms with Crippen LogP contribution in [0.25, 0.3) is 0 Å². The molecule has 0 radical (unpaired) electrons. The molecule has 2 aliphatic rings. The van der Waals surface area contributed by atoms with Gasteiger partial charge in [-0.15, -0.1) is 0 Å². The molecule has 3 rings (SSSR count). The molecule has 23 heavy (non-hydrogen) atoms. The Morgan fingerprint density at radius 2 is 2.13 bits per heavy atom. The summed E-state index contributed by atoms with van der Waals surface area (Å²) in [5, 5.41) is 13.3. The third-order valence-corrected chi connectivity index (χ3v) is 5.21. The van der Waals surface area contributed by atoms with Crippen LogP contribution in [0.2, 0.25) is 0 Å². The van der Waals surface area contributed by atoms with Gasteiger partial charge in [0.15, 0.2) is 0 Å². The maximum Gasteiger partial charge on any atom is 0.228 e. The molecule has 0 aliphatic carbocycles. The minimum absolute atomic E-state index is 0.0358. The third kappa shape index (κ3) is 3.91. The number of fused-ring (bicyclic) bond motifs is 1. The SMILES string of the molecule is CN1CCC(N(C)CCC(O)c2ccc3c(c2)CC(=O)N3)CC1. The van der Waals surface area contributed by atoms with Gasteiger partial charge in [0.05, 0.1) is 12.5 Å². The lowest BCUT2D eigenvalue weighted by Gasteiger charge is -2.35. The van der Waals surface area contributed by atoms with Crippen LogP contribution in [-0.2, 0) is 11.2 Å². The average molecular weight is 317 g/mol. The van der Waals surface area contributed by atoms with Gasteiger partial charge in [0.2, 0.25) is 5.91 Å². The van der Waals surface area contributed by atoms with Crippen molar-refractivity contribution in [3.63, 3.8) is 0 Å². The molecular formula is C18H27N3O2. The highest BCUT2D eigenvalue weighted by Crippen LogP contribution is 2.28. The number of likely N-dealkylation sites (tertiary alicyclic amines) is 1. The smallest absolute Gasteiger partial charge is 0.228 e. The molecule has 1 atom stereocenters. The molecule has 126 valence electrons.